The molecule has 1 aliphatic heterocycles. The van der Waals surface area contributed by atoms with Crippen molar-refractivity contribution in [3.63, 3.8) is 0 Å². The Hall–Kier alpha value is -4.68. The zero-order valence-corrected chi connectivity index (χ0v) is 23.6. The number of hydrogen-bond donors (Lipinski definition) is 0. The molecule has 3 aromatic heterocycles. The van der Waals surface area contributed by atoms with Gasteiger partial charge in [0.25, 0.3) is 11.8 Å². The van der Waals surface area contributed by atoms with Gasteiger partial charge in [0.05, 0.1) is 23.4 Å². The number of thiazole rings is 1. The summed E-state index contributed by atoms with van der Waals surface area (Å²) in [6.45, 7) is 4.65. The number of hydrogen-bond acceptors (Lipinski definition) is 8. The van der Waals surface area contributed by atoms with Gasteiger partial charge in [-0.2, -0.15) is 5.26 Å². The van der Waals surface area contributed by atoms with Crippen molar-refractivity contribution in [2.24, 2.45) is 0 Å². The van der Waals surface area contributed by atoms with Crippen LogP contribution in [0.25, 0.3) is 22.8 Å². The summed E-state index contributed by atoms with van der Waals surface area (Å²) in [6.07, 6.45) is 2.53. The van der Waals surface area contributed by atoms with E-state index in [-0.39, 0.29) is 23.8 Å². The van der Waals surface area contributed by atoms with Gasteiger partial charge in [-0.25, -0.2) is 9.97 Å². The Bertz CT molecular complexity index is 1740. The van der Waals surface area contributed by atoms with E-state index in [0.717, 1.165) is 30.0 Å². The van der Waals surface area contributed by atoms with Crippen LogP contribution in [-0.2, 0) is 6.42 Å². The molecule has 2 atom stereocenters. The molecule has 2 unspecified atom stereocenters. The third-order valence-corrected chi connectivity index (χ3v) is 8.36. The molecule has 0 spiro atoms. The molecule has 0 N–H and O–H groups in total. The predicted molar refractivity (Wildman–Crippen MR) is 156 cm³/mol. The first kappa shape index (κ1) is 26.5. The van der Waals surface area contributed by atoms with Crippen LogP contribution in [0.5, 0.6) is 0 Å². The molecule has 1 fully saturated rings. The van der Waals surface area contributed by atoms with Gasteiger partial charge in [0, 0.05) is 34.7 Å². The van der Waals surface area contributed by atoms with E-state index in [1.165, 1.54) is 5.56 Å². The number of pyridine rings is 1. The summed E-state index contributed by atoms with van der Waals surface area (Å²) in [5.74, 6) is 0.616. The van der Waals surface area contributed by atoms with E-state index in [9.17, 15) is 10.1 Å². The van der Waals surface area contributed by atoms with Crippen molar-refractivity contribution in [2.75, 3.05) is 6.54 Å². The number of aryl methyl sites for hydroxylation is 1. The van der Waals surface area contributed by atoms with Crippen molar-refractivity contribution in [3.05, 3.63) is 105 Å². The van der Waals surface area contributed by atoms with Crippen LogP contribution in [0.15, 0.2) is 76.5 Å². The maximum absolute atomic E-state index is 14.0. The van der Waals surface area contributed by atoms with Crippen molar-refractivity contribution >= 4 is 17.2 Å². The summed E-state index contributed by atoms with van der Waals surface area (Å²) < 4.78 is 6.12. The van der Waals surface area contributed by atoms with Crippen molar-refractivity contribution in [2.45, 2.75) is 45.1 Å². The van der Waals surface area contributed by atoms with Crippen molar-refractivity contribution in [1.29, 1.82) is 5.26 Å². The second-order valence-corrected chi connectivity index (χ2v) is 11.2. The number of nitriles is 1. The minimum Gasteiger partial charge on any atom is -0.419 e. The molecule has 0 aliphatic carbocycles. The average molecular weight is 561 g/mol. The van der Waals surface area contributed by atoms with E-state index >= 15 is 0 Å². The minimum atomic E-state index is -0.114. The molecule has 1 amide bonds. The van der Waals surface area contributed by atoms with E-state index in [1.807, 2.05) is 54.5 Å². The second-order valence-electron chi connectivity index (χ2n) is 10.3. The quantitative estimate of drug-likeness (QED) is 0.216. The van der Waals surface area contributed by atoms with Crippen LogP contribution in [0.1, 0.15) is 69.8 Å². The van der Waals surface area contributed by atoms with E-state index in [4.69, 9.17) is 9.40 Å². The van der Waals surface area contributed by atoms with E-state index < -0.39 is 0 Å². The largest absolute Gasteiger partial charge is 0.419 e. The molecule has 41 heavy (non-hydrogen) atoms. The Balaban J connectivity index is 1.38. The van der Waals surface area contributed by atoms with Crippen molar-refractivity contribution in [1.82, 2.24) is 25.1 Å². The third kappa shape index (κ3) is 5.52. The van der Waals surface area contributed by atoms with Gasteiger partial charge in [-0.05, 0) is 49.9 Å². The fourth-order valence-corrected chi connectivity index (χ4v) is 6.20. The number of aromatic nitrogens is 4. The lowest BCUT2D eigenvalue weighted by atomic mass is 10.0. The number of rotatable bonds is 7. The maximum Gasteiger partial charge on any atom is 0.266 e. The van der Waals surface area contributed by atoms with Crippen LogP contribution in [-0.4, -0.2) is 37.5 Å². The van der Waals surface area contributed by atoms with E-state index in [1.54, 1.807) is 35.6 Å². The molecule has 2 aromatic carbocycles. The molecule has 1 aliphatic rings. The highest BCUT2D eigenvalue weighted by Gasteiger charge is 2.33. The lowest BCUT2D eigenvalue weighted by Gasteiger charge is -2.23. The lowest BCUT2D eigenvalue weighted by Crippen LogP contribution is -2.30. The van der Waals surface area contributed by atoms with Gasteiger partial charge in [-0.1, -0.05) is 55.5 Å². The van der Waals surface area contributed by atoms with E-state index in [0.29, 0.717) is 40.5 Å². The summed E-state index contributed by atoms with van der Waals surface area (Å²) in [7, 11) is 0. The number of likely N-dealkylation sites (tertiary alicyclic amines) is 1. The SMILES string of the molecule is Cc1csc(C2CCCN2C(=O)c2cc(-c3nnc(C(C)Cc4ccccc4)o3)nc(-c3ccccc3C#N)c2)n1. The number of benzene rings is 2. The van der Waals surface area contributed by atoms with Crippen LogP contribution in [0.3, 0.4) is 0 Å². The highest BCUT2D eigenvalue weighted by Crippen LogP contribution is 2.36. The van der Waals surface area contributed by atoms with Crippen molar-refractivity contribution < 1.29 is 9.21 Å². The van der Waals surface area contributed by atoms with Gasteiger partial charge in [0.2, 0.25) is 5.89 Å². The van der Waals surface area contributed by atoms with Crippen LogP contribution in [0.4, 0.5) is 0 Å². The van der Waals surface area contributed by atoms with Crippen LogP contribution in [0, 0.1) is 18.3 Å². The molecular weight excluding hydrogens is 532 g/mol. The topological polar surface area (TPSA) is 109 Å². The second kappa shape index (κ2) is 11.4. The fourth-order valence-electron chi connectivity index (χ4n) is 5.26. The van der Waals surface area contributed by atoms with Gasteiger partial charge in [0.1, 0.15) is 10.7 Å². The predicted octanol–water partition coefficient (Wildman–Crippen LogP) is 6.76. The molecule has 9 heteroatoms. The Kier molecular flexibility index (Phi) is 7.40. The zero-order valence-electron chi connectivity index (χ0n) is 22.8. The first-order chi connectivity index (χ1) is 20.0. The summed E-state index contributed by atoms with van der Waals surface area (Å²) >= 11 is 1.59. The van der Waals surface area contributed by atoms with Crippen LogP contribution >= 0.6 is 11.3 Å². The first-order valence-electron chi connectivity index (χ1n) is 13.6. The monoisotopic (exact) mass is 560 g/mol. The summed E-state index contributed by atoms with van der Waals surface area (Å²) in [4.78, 5) is 25.4. The zero-order chi connectivity index (χ0) is 28.3. The van der Waals surface area contributed by atoms with Crippen LogP contribution in [0.2, 0.25) is 0 Å². The van der Waals surface area contributed by atoms with E-state index in [2.05, 4.69) is 33.4 Å². The summed E-state index contributed by atoms with van der Waals surface area (Å²) in [5.41, 5.74) is 4.59. The standard InChI is InChI=1S/C32H28N6O2S/c1-20(15-22-9-4-3-5-10-22)29-36-37-30(40-29)27-17-24(16-26(35-27)25-12-7-6-11-23(25)18-33)32(39)38-14-8-13-28(38)31-34-21(2)19-41-31/h3-7,9-12,16-17,19-20,28H,8,13-15H2,1-2H3. The normalized spacial score (nSPS) is 15.5. The molecule has 204 valence electrons. The summed E-state index contributed by atoms with van der Waals surface area (Å²) in [6, 6.07) is 23.0. The molecular formula is C32H28N6O2S. The lowest BCUT2D eigenvalue weighted by molar-refractivity contribution is 0.0735. The Morgan fingerprint density at radius 2 is 1.88 bits per heavy atom. The Labute approximate surface area is 242 Å². The smallest absolute Gasteiger partial charge is 0.266 e. The Morgan fingerprint density at radius 1 is 1.10 bits per heavy atom. The summed E-state index contributed by atoms with van der Waals surface area (Å²) in [5, 5.41) is 21.4. The average Bonchev–Trinajstić information content (AvgIpc) is 3.78. The molecule has 0 bridgehead atoms. The molecule has 6 rings (SSSR count). The molecule has 1 saturated heterocycles. The first-order valence-corrected chi connectivity index (χ1v) is 14.5. The van der Waals surface area contributed by atoms with Gasteiger partial charge in [0.15, 0.2) is 0 Å². The van der Waals surface area contributed by atoms with Gasteiger partial charge < -0.3 is 9.32 Å². The number of amides is 1. The molecule has 8 nitrogen and oxygen atoms in total. The molecule has 0 saturated carbocycles. The number of carbonyl (C=O) groups excluding carboxylic acids is 1. The number of carbonyl (C=O) groups is 1. The van der Waals surface area contributed by atoms with Gasteiger partial charge >= 0.3 is 0 Å². The van der Waals surface area contributed by atoms with Gasteiger partial charge in [-0.3, -0.25) is 4.79 Å². The number of nitrogens with zero attached hydrogens (tertiary/aromatic N) is 6. The van der Waals surface area contributed by atoms with Crippen LogP contribution < -0.4 is 0 Å². The highest BCUT2D eigenvalue weighted by atomic mass is 32.1. The minimum absolute atomic E-state index is 0.00522. The molecule has 5 aromatic rings. The maximum atomic E-state index is 14.0. The highest BCUT2D eigenvalue weighted by molar-refractivity contribution is 7.09. The molecule has 4 heterocycles. The third-order valence-electron chi connectivity index (χ3n) is 7.30. The molecule has 0 radical (unpaired) electrons. The van der Waals surface area contributed by atoms with Gasteiger partial charge in [-0.15, -0.1) is 21.5 Å². The fraction of sp³-hybridized carbons (Fsp3) is 0.250. The van der Waals surface area contributed by atoms with Crippen molar-refractivity contribution in [3.8, 4) is 28.9 Å². The Morgan fingerprint density at radius 3 is 2.66 bits per heavy atom.